The van der Waals surface area contributed by atoms with Crippen LogP contribution >= 0.6 is 0 Å². The molecule has 0 saturated carbocycles. The van der Waals surface area contributed by atoms with E-state index in [2.05, 4.69) is 0 Å². The van der Waals surface area contributed by atoms with Crippen LogP contribution in [-0.4, -0.2) is 21.3 Å². The zero-order chi connectivity index (χ0) is 13.1. The molecule has 0 aromatic heterocycles. The van der Waals surface area contributed by atoms with E-state index < -0.39 is 9.84 Å². The van der Waals surface area contributed by atoms with Crippen molar-refractivity contribution in [2.45, 2.75) is 25.2 Å². The Balaban J connectivity index is 3.35. The maximum absolute atomic E-state index is 12.0. The molecule has 0 saturated heterocycles. The Bertz CT molecular complexity index is 556. The standard InChI is InChI=1S/C12H15NO3S/c1-9-7-10(2)12(16-3)11(8-9)17(14,15)6-4-5-13/h7-8H,4,6H2,1-3H3. The van der Waals surface area contributed by atoms with Crippen molar-refractivity contribution in [1.29, 1.82) is 5.26 Å². The molecule has 1 rings (SSSR count). The van der Waals surface area contributed by atoms with Gasteiger partial charge < -0.3 is 4.74 Å². The highest BCUT2D eigenvalue weighted by molar-refractivity contribution is 7.91. The molecule has 92 valence electrons. The van der Waals surface area contributed by atoms with Gasteiger partial charge in [0.25, 0.3) is 0 Å². The fourth-order valence-electron chi connectivity index (χ4n) is 1.70. The lowest BCUT2D eigenvalue weighted by atomic mass is 10.1. The van der Waals surface area contributed by atoms with Gasteiger partial charge in [0, 0.05) is 6.42 Å². The molecule has 0 N–H and O–H groups in total. The third kappa shape index (κ3) is 2.98. The Hall–Kier alpha value is -1.54. The number of methoxy groups -OCH3 is 1. The van der Waals surface area contributed by atoms with Crippen LogP contribution in [0.3, 0.4) is 0 Å². The summed E-state index contributed by atoms with van der Waals surface area (Å²) < 4.78 is 29.2. The summed E-state index contributed by atoms with van der Waals surface area (Å²) in [6, 6.07) is 5.29. The van der Waals surface area contributed by atoms with Gasteiger partial charge in [0.15, 0.2) is 9.84 Å². The second kappa shape index (κ2) is 5.19. The number of nitriles is 1. The Morgan fingerprint density at radius 3 is 2.53 bits per heavy atom. The maximum atomic E-state index is 12.0. The first-order valence-corrected chi connectivity index (χ1v) is 6.82. The highest BCUT2D eigenvalue weighted by Crippen LogP contribution is 2.30. The molecule has 0 spiro atoms. The van der Waals surface area contributed by atoms with Crippen LogP contribution in [0.5, 0.6) is 5.75 Å². The highest BCUT2D eigenvalue weighted by Gasteiger charge is 2.21. The van der Waals surface area contributed by atoms with Crippen molar-refractivity contribution in [1.82, 2.24) is 0 Å². The quantitative estimate of drug-likeness (QED) is 0.823. The summed E-state index contributed by atoms with van der Waals surface area (Å²) >= 11 is 0. The van der Waals surface area contributed by atoms with Crippen molar-refractivity contribution in [3.8, 4) is 11.8 Å². The van der Waals surface area contributed by atoms with Crippen LogP contribution in [0.4, 0.5) is 0 Å². The van der Waals surface area contributed by atoms with E-state index in [4.69, 9.17) is 10.00 Å². The van der Waals surface area contributed by atoms with Crippen molar-refractivity contribution >= 4 is 9.84 Å². The molecule has 0 aliphatic carbocycles. The summed E-state index contributed by atoms with van der Waals surface area (Å²) in [5.74, 6) is 0.191. The van der Waals surface area contributed by atoms with Crippen LogP contribution in [-0.2, 0) is 9.84 Å². The lowest BCUT2D eigenvalue weighted by molar-refractivity contribution is 0.399. The van der Waals surface area contributed by atoms with E-state index in [9.17, 15) is 8.42 Å². The van der Waals surface area contributed by atoms with Gasteiger partial charge in [-0.3, -0.25) is 0 Å². The largest absolute Gasteiger partial charge is 0.495 e. The lowest BCUT2D eigenvalue weighted by Gasteiger charge is -2.12. The Morgan fingerprint density at radius 2 is 2.00 bits per heavy atom. The number of benzene rings is 1. The normalized spacial score (nSPS) is 10.9. The van der Waals surface area contributed by atoms with Gasteiger partial charge in [0.2, 0.25) is 0 Å². The van der Waals surface area contributed by atoms with Gasteiger partial charge >= 0.3 is 0 Å². The van der Waals surface area contributed by atoms with Crippen molar-refractivity contribution in [2.24, 2.45) is 0 Å². The van der Waals surface area contributed by atoms with Crippen LogP contribution in [0.25, 0.3) is 0 Å². The number of aryl methyl sites for hydroxylation is 2. The molecule has 0 aliphatic heterocycles. The van der Waals surface area contributed by atoms with Crippen LogP contribution in [0, 0.1) is 25.2 Å². The first-order valence-electron chi connectivity index (χ1n) is 5.17. The molecule has 0 amide bonds. The predicted octanol–water partition coefficient (Wildman–Crippen LogP) is 2.00. The van der Waals surface area contributed by atoms with Gasteiger partial charge in [-0.25, -0.2) is 8.42 Å². The average molecular weight is 253 g/mol. The van der Waals surface area contributed by atoms with Crippen molar-refractivity contribution in [3.63, 3.8) is 0 Å². The monoisotopic (exact) mass is 253 g/mol. The number of sulfone groups is 1. The average Bonchev–Trinajstić information content (AvgIpc) is 2.25. The first kappa shape index (κ1) is 13.5. The number of hydrogen-bond donors (Lipinski definition) is 0. The minimum Gasteiger partial charge on any atom is -0.495 e. The second-order valence-electron chi connectivity index (χ2n) is 3.84. The van der Waals surface area contributed by atoms with E-state index in [0.717, 1.165) is 11.1 Å². The molecule has 1 aromatic rings. The Labute approximate surface area is 102 Å². The summed E-state index contributed by atoms with van der Waals surface area (Å²) in [6.45, 7) is 3.63. The molecule has 1 aromatic carbocycles. The van der Waals surface area contributed by atoms with E-state index in [1.807, 2.05) is 19.1 Å². The van der Waals surface area contributed by atoms with E-state index in [0.29, 0.717) is 5.75 Å². The van der Waals surface area contributed by atoms with Crippen LogP contribution in [0.15, 0.2) is 17.0 Å². The molecular weight excluding hydrogens is 238 g/mol. The summed E-state index contributed by atoms with van der Waals surface area (Å²) in [5.41, 5.74) is 1.64. The molecule has 0 radical (unpaired) electrons. The maximum Gasteiger partial charge on any atom is 0.183 e. The molecule has 0 fully saturated rings. The van der Waals surface area contributed by atoms with E-state index >= 15 is 0 Å². The van der Waals surface area contributed by atoms with Gasteiger partial charge in [-0.15, -0.1) is 0 Å². The SMILES string of the molecule is COc1c(C)cc(C)cc1S(=O)(=O)CCC#N. The predicted molar refractivity (Wildman–Crippen MR) is 64.8 cm³/mol. The summed E-state index contributed by atoms with van der Waals surface area (Å²) in [7, 11) is -2.01. The molecule has 0 unspecified atom stereocenters. The fourth-order valence-corrected chi connectivity index (χ4v) is 3.17. The summed E-state index contributed by atoms with van der Waals surface area (Å²) in [5, 5.41) is 8.47. The van der Waals surface area contributed by atoms with Crippen molar-refractivity contribution in [2.75, 3.05) is 12.9 Å². The van der Waals surface area contributed by atoms with Gasteiger partial charge in [-0.05, 0) is 31.0 Å². The highest BCUT2D eigenvalue weighted by atomic mass is 32.2. The number of ether oxygens (including phenoxy) is 1. The van der Waals surface area contributed by atoms with Crippen LogP contribution in [0.1, 0.15) is 17.5 Å². The topological polar surface area (TPSA) is 67.2 Å². The van der Waals surface area contributed by atoms with Crippen LogP contribution < -0.4 is 4.74 Å². The molecule has 17 heavy (non-hydrogen) atoms. The fraction of sp³-hybridized carbons (Fsp3) is 0.417. The third-order valence-corrected chi connectivity index (χ3v) is 4.12. The number of rotatable bonds is 4. The number of nitrogens with zero attached hydrogens (tertiary/aromatic N) is 1. The molecular formula is C12H15NO3S. The molecule has 4 nitrogen and oxygen atoms in total. The molecule has 0 bridgehead atoms. The molecule has 0 aliphatic rings. The lowest BCUT2D eigenvalue weighted by Crippen LogP contribution is -2.09. The first-order chi connectivity index (χ1) is 7.92. The minimum atomic E-state index is -3.46. The number of hydrogen-bond acceptors (Lipinski definition) is 4. The smallest absolute Gasteiger partial charge is 0.183 e. The van der Waals surface area contributed by atoms with Gasteiger partial charge in [-0.1, -0.05) is 6.07 Å². The van der Waals surface area contributed by atoms with Gasteiger partial charge in [0.1, 0.15) is 10.6 Å². The van der Waals surface area contributed by atoms with E-state index in [-0.39, 0.29) is 17.1 Å². The summed E-state index contributed by atoms with van der Waals surface area (Å²) in [6.07, 6.45) is -0.0154. The van der Waals surface area contributed by atoms with Crippen molar-refractivity contribution < 1.29 is 13.2 Å². The molecule has 5 heteroatoms. The van der Waals surface area contributed by atoms with Crippen LogP contribution in [0.2, 0.25) is 0 Å². The second-order valence-corrected chi connectivity index (χ2v) is 5.92. The Morgan fingerprint density at radius 1 is 1.35 bits per heavy atom. The molecule has 0 atom stereocenters. The van der Waals surface area contributed by atoms with Crippen molar-refractivity contribution in [3.05, 3.63) is 23.3 Å². The van der Waals surface area contributed by atoms with Gasteiger partial charge in [-0.2, -0.15) is 5.26 Å². The van der Waals surface area contributed by atoms with E-state index in [1.54, 1.807) is 13.0 Å². The zero-order valence-corrected chi connectivity index (χ0v) is 11.0. The summed E-state index contributed by atoms with van der Waals surface area (Å²) in [4.78, 5) is 0.174. The molecule has 0 heterocycles. The third-order valence-electron chi connectivity index (χ3n) is 2.41. The minimum absolute atomic E-state index is 0.0154. The zero-order valence-electron chi connectivity index (χ0n) is 10.1. The van der Waals surface area contributed by atoms with E-state index in [1.165, 1.54) is 7.11 Å². The Kier molecular flexibility index (Phi) is 4.13. The van der Waals surface area contributed by atoms with Gasteiger partial charge in [0.05, 0.1) is 18.9 Å².